The first-order valence-corrected chi connectivity index (χ1v) is 5.82. The molecule has 0 amide bonds. The zero-order chi connectivity index (χ0) is 13.6. The van der Waals surface area contributed by atoms with Crippen LogP contribution in [0.4, 0.5) is 13.2 Å². The van der Waals surface area contributed by atoms with Crippen molar-refractivity contribution in [3.05, 3.63) is 35.4 Å². The van der Waals surface area contributed by atoms with Crippen molar-refractivity contribution >= 4 is 17.2 Å². The average Bonchev–Trinajstić information content (AvgIpc) is 2.27. The fraction of sp³-hybridized carbons (Fsp3) is 0.417. The van der Waals surface area contributed by atoms with Crippen molar-refractivity contribution in [2.75, 3.05) is 6.61 Å². The fourth-order valence-electron chi connectivity index (χ4n) is 1.33. The predicted molar refractivity (Wildman–Crippen MR) is 67.3 cm³/mol. The standard InChI is InChI=1S/C12H14F3NOS/c13-12(14,15)6-1-7-17-8-9-2-4-10(5-3-9)11(16)18/h2-5H,1,6-8H2,(H2,16,18). The van der Waals surface area contributed by atoms with Crippen molar-refractivity contribution in [1.29, 1.82) is 0 Å². The van der Waals surface area contributed by atoms with Gasteiger partial charge in [0.05, 0.1) is 6.61 Å². The van der Waals surface area contributed by atoms with E-state index in [1.54, 1.807) is 24.3 Å². The number of alkyl halides is 3. The monoisotopic (exact) mass is 277 g/mol. The third-order valence-corrected chi connectivity index (χ3v) is 2.49. The molecule has 1 rings (SSSR count). The van der Waals surface area contributed by atoms with Crippen LogP contribution in [0.5, 0.6) is 0 Å². The molecule has 1 aromatic rings. The minimum atomic E-state index is -4.11. The summed E-state index contributed by atoms with van der Waals surface area (Å²) < 4.78 is 40.7. The molecule has 18 heavy (non-hydrogen) atoms. The van der Waals surface area contributed by atoms with Crippen LogP contribution in [0.3, 0.4) is 0 Å². The third kappa shape index (κ3) is 5.97. The lowest BCUT2D eigenvalue weighted by atomic mass is 10.1. The molecule has 0 aromatic heterocycles. The van der Waals surface area contributed by atoms with E-state index in [4.69, 9.17) is 22.7 Å². The Morgan fingerprint density at radius 3 is 2.33 bits per heavy atom. The lowest BCUT2D eigenvalue weighted by Crippen LogP contribution is -2.09. The minimum absolute atomic E-state index is 0.0194. The normalized spacial score (nSPS) is 11.5. The zero-order valence-corrected chi connectivity index (χ0v) is 10.5. The molecule has 0 radical (unpaired) electrons. The van der Waals surface area contributed by atoms with Gasteiger partial charge in [0.15, 0.2) is 0 Å². The number of halogens is 3. The molecule has 0 saturated heterocycles. The third-order valence-electron chi connectivity index (χ3n) is 2.26. The molecule has 100 valence electrons. The smallest absolute Gasteiger partial charge is 0.389 e. The van der Waals surface area contributed by atoms with Crippen molar-refractivity contribution < 1.29 is 17.9 Å². The van der Waals surface area contributed by atoms with Crippen LogP contribution in [-0.2, 0) is 11.3 Å². The van der Waals surface area contributed by atoms with Gasteiger partial charge < -0.3 is 10.5 Å². The van der Waals surface area contributed by atoms with Gasteiger partial charge in [0, 0.05) is 18.6 Å². The number of nitrogens with two attached hydrogens (primary N) is 1. The molecule has 0 aliphatic carbocycles. The molecule has 2 N–H and O–H groups in total. The number of hydrogen-bond acceptors (Lipinski definition) is 2. The van der Waals surface area contributed by atoms with E-state index in [-0.39, 0.29) is 19.6 Å². The molecule has 6 heteroatoms. The predicted octanol–water partition coefficient (Wildman–Crippen LogP) is 3.18. The van der Waals surface area contributed by atoms with Gasteiger partial charge in [-0.05, 0) is 12.0 Å². The van der Waals surface area contributed by atoms with Gasteiger partial charge in [0.2, 0.25) is 0 Å². The molecule has 0 heterocycles. The summed E-state index contributed by atoms with van der Waals surface area (Å²) in [6.07, 6.45) is -4.94. The number of thiocarbonyl (C=S) groups is 1. The highest BCUT2D eigenvalue weighted by molar-refractivity contribution is 7.80. The van der Waals surface area contributed by atoms with E-state index in [1.807, 2.05) is 0 Å². The van der Waals surface area contributed by atoms with Gasteiger partial charge in [0.1, 0.15) is 4.99 Å². The maximum atomic E-state index is 11.8. The number of rotatable bonds is 6. The van der Waals surface area contributed by atoms with Gasteiger partial charge in [0.25, 0.3) is 0 Å². The van der Waals surface area contributed by atoms with Gasteiger partial charge >= 0.3 is 6.18 Å². The van der Waals surface area contributed by atoms with Crippen LogP contribution in [0.25, 0.3) is 0 Å². The molecule has 0 aliphatic heterocycles. The van der Waals surface area contributed by atoms with Crippen molar-refractivity contribution in [3.8, 4) is 0 Å². The summed E-state index contributed by atoms with van der Waals surface area (Å²) in [5.41, 5.74) is 7.07. The van der Waals surface area contributed by atoms with E-state index in [9.17, 15) is 13.2 Å². The number of ether oxygens (including phenoxy) is 1. The van der Waals surface area contributed by atoms with Gasteiger partial charge in [-0.2, -0.15) is 13.2 Å². The van der Waals surface area contributed by atoms with Crippen LogP contribution in [0.2, 0.25) is 0 Å². The van der Waals surface area contributed by atoms with Crippen molar-refractivity contribution in [2.24, 2.45) is 5.73 Å². The van der Waals surface area contributed by atoms with Crippen LogP contribution in [0.15, 0.2) is 24.3 Å². The Bertz CT molecular complexity index is 389. The first-order valence-electron chi connectivity index (χ1n) is 5.42. The average molecular weight is 277 g/mol. The Morgan fingerprint density at radius 2 is 1.83 bits per heavy atom. The number of hydrogen-bond donors (Lipinski definition) is 1. The fourth-order valence-corrected chi connectivity index (χ4v) is 1.47. The van der Waals surface area contributed by atoms with Crippen molar-refractivity contribution in [2.45, 2.75) is 25.6 Å². The lowest BCUT2D eigenvalue weighted by molar-refractivity contribution is -0.138. The molecule has 0 aliphatic rings. The van der Waals surface area contributed by atoms with Crippen LogP contribution in [-0.4, -0.2) is 17.8 Å². The van der Waals surface area contributed by atoms with E-state index in [0.29, 0.717) is 4.99 Å². The Morgan fingerprint density at radius 1 is 1.22 bits per heavy atom. The van der Waals surface area contributed by atoms with Gasteiger partial charge in [-0.15, -0.1) is 0 Å². The topological polar surface area (TPSA) is 35.2 Å². The highest BCUT2D eigenvalue weighted by Gasteiger charge is 2.25. The molecule has 0 unspecified atom stereocenters. The van der Waals surface area contributed by atoms with E-state index in [2.05, 4.69) is 0 Å². The molecule has 0 fully saturated rings. The summed E-state index contributed by atoms with van der Waals surface area (Å²) >= 11 is 4.80. The Balaban J connectivity index is 2.25. The van der Waals surface area contributed by atoms with E-state index < -0.39 is 12.6 Å². The second-order valence-electron chi connectivity index (χ2n) is 3.83. The zero-order valence-electron chi connectivity index (χ0n) is 9.67. The number of benzene rings is 1. The second-order valence-corrected chi connectivity index (χ2v) is 4.27. The molecular formula is C12H14F3NOS. The Hall–Kier alpha value is -1.14. The molecule has 1 aromatic carbocycles. The summed E-state index contributed by atoms with van der Waals surface area (Å²) in [7, 11) is 0. The highest BCUT2D eigenvalue weighted by atomic mass is 32.1. The van der Waals surface area contributed by atoms with Crippen molar-refractivity contribution in [1.82, 2.24) is 0 Å². The first kappa shape index (κ1) is 14.9. The maximum absolute atomic E-state index is 11.8. The van der Waals surface area contributed by atoms with Gasteiger partial charge in [-0.25, -0.2) is 0 Å². The van der Waals surface area contributed by atoms with E-state index in [0.717, 1.165) is 11.1 Å². The Labute approximate surface area is 109 Å². The molecule has 2 nitrogen and oxygen atoms in total. The summed E-state index contributed by atoms with van der Waals surface area (Å²) in [5.74, 6) is 0. The Kier molecular flexibility index (Phi) is 5.55. The molecule has 0 bridgehead atoms. The second kappa shape index (κ2) is 6.70. The quantitative estimate of drug-likeness (QED) is 0.640. The SMILES string of the molecule is NC(=S)c1ccc(COCCCC(F)(F)F)cc1. The molecular weight excluding hydrogens is 263 g/mol. The van der Waals surface area contributed by atoms with Gasteiger partial charge in [-0.3, -0.25) is 0 Å². The minimum Gasteiger partial charge on any atom is -0.389 e. The summed E-state index contributed by atoms with van der Waals surface area (Å²) in [6.45, 7) is 0.381. The summed E-state index contributed by atoms with van der Waals surface area (Å²) in [6, 6.07) is 7.10. The molecule has 0 spiro atoms. The van der Waals surface area contributed by atoms with E-state index >= 15 is 0 Å². The lowest BCUT2D eigenvalue weighted by Gasteiger charge is -2.07. The van der Waals surface area contributed by atoms with Crippen LogP contribution < -0.4 is 5.73 Å². The van der Waals surface area contributed by atoms with Gasteiger partial charge in [-0.1, -0.05) is 36.5 Å². The highest BCUT2D eigenvalue weighted by Crippen LogP contribution is 2.21. The molecule has 0 saturated carbocycles. The summed E-state index contributed by atoms with van der Waals surface area (Å²) in [4.78, 5) is 0.313. The maximum Gasteiger partial charge on any atom is 0.389 e. The summed E-state index contributed by atoms with van der Waals surface area (Å²) in [5, 5.41) is 0. The first-order chi connectivity index (χ1) is 8.38. The van der Waals surface area contributed by atoms with Crippen molar-refractivity contribution in [3.63, 3.8) is 0 Å². The van der Waals surface area contributed by atoms with Crippen LogP contribution >= 0.6 is 12.2 Å². The van der Waals surface area contributed by atoms with E-state index in [1.165, 1.54) is 0 Å². The molecule has 0 atom stereocenters. The van der Waals surface area contributed by atoms with Crippen LogP contribution in [0.1, 0.15) is 24.0 Å². The largest absolute Gasteiger partial charge is 0.389 e. The van der Waals surface area contributed by atoms with Crippen LogP contribution in [0, 0.1) is 0 Å².